The van der Waals surface area contributed by atoms with E-state index in [1.165, 1.54) is 11.3 Å². The van der Waals surface area contributed by atoms with Gasteiger partial charge >= 0.3 is 5.97 Å². The van der Waals surface area contributed by atoms with Crippen molar-refractivity contribution in [1.82, 2.24) is 0 Å². The van der Waals surface area contributed by atoms with Crippen molar-refractivity contribution < 1.29 is 15.0 Å². The molecule has 84 valence electrons. The van der Waals surface area contributed by atoms with Crippen LogP contribution >= 0.6 is 38.9 Å². The summed E-state index contributed by atoms with van der Waals surface area (Å²) in [6, 6.07) is 1.70. The van der Waals surface area contributed by atoms with E-state index in [1.807, 2.05) is 0 Å². The molecule has 0 saturated carbocycles. The van der Waals surface area contributed by atoms with Gasteiger partial charge in [0, 0.05) is 11.3 Å². The molecule has 3 nitrogen and oxygen atoms in total. The molecule has 0 spiro atoms. The summed E-state index contributed by atoms with van der Waals surface area (Å²) < 4.78 is 0.788. The topological polar surface area (TPSA) is 57.5 Å². The molecule has 1 aromatic heterocycles. The first-order valence-electron chi connectivity index (χ1n) is 4.35. The molecule has 2 N–H and O–H groups in total. The Morgan fingerprint density at radius 3 is 2.80 bits per heavy atom. The second-order valence-electron chi connectivity index (χ2n) is 3.07. The maximum Gasteiger partial charge on any atom is 0.303 e. The first kappa shape index (κ1) is 13.0. The van der Waals surface area contributed by atoms with Crippen LogP contribution in [0.4, 0.5) is 0 Å². The standard InChI is InChI=1S/C9H10BrClO3S/c10-9-5(11)4-7(15-9)6(12)2-1-3-8(13)14/h4,6,12H,1-3H2,(H,13,14). The minimum Gasteiger partial charge on any atom is -0.481 e. The molecule has 0 aliphatic heterocycles. The van der Waals surface area contributed by atoms with Crippen molar-refractivity contribution in [2.45, 2.75) is 25.4 Å². The third-order valence-electron chi connectivity index (χ3n) is 1.86. The van der Waals surface area contributed by atoms with Gasteiger partial charge in [0.05, 0.1) is 14.9 Å². The summed E-state index contributed by atoms with van der Waals surface area (Å²) >= 11 is 10.4. The van der Waals surface area contributed by atoms with E-state index in [-0.39, 0.29) is 6.42 Å². The molecule has 1 heterocycles. The molecule has 0 aliphatic rings. The Balaban J connectivity index is 2.46. The van der Waals surface area contributed by atoms with E-state index in [0.717, 1.165) is 8.66 Å². The zero-order chi connectivity index (χ0) is 11.4. The predicted molar refractivity (Wildman–Crippen MR) is 63.5 cm³/mol. The lowest BCUT2D eigenvalue weighted by atomic mass is 10.1. The highest BCUT2D eigenvalue weighted by Gasteiger charge is 2.13. The number of carboxylic acid groups (broad SMARTS) is 1. The maximum absolute atomic E-state index is 10.3. The van der Waals surface area contributed by atoms with Gasteiger partial charge in [-0.15, -0.1) is 11.3 Å². The number of aliphatic carboxylic acids is 1. The van der Waals surface area contributed by atoms with Gasteiger partial charge < -0.3 is 10.2 Å². The summed E-state index contributed by atoms with van der Waals surface area (Å²) in [5, 5.41) is 18.7. The average molecular weight is 314 g/mol. The van der Waals surface area contributed by atoms with Crippen LogP contribution in [0.2, 0.25) is 5.02 Å². The van der Waals surface area contributed by atoms with Crippen LogP contribution in [0.3, 0.4) is 0 Å². The lowest BCUT2D eigenvalue weighted by Crippen LogP contribution is -1.98. The molecule has 1 unspecified atom stereocenters. The quantitative estimate of drug-likeness (QED) is 0.875. The second kappa shape index (κ2) is 5.84. The van der Waals surface area contributed by atoms with Gasteiger partial charge in [-0.25, -0.2) is 0 Å². The summed E-state index contributed by atoms with van der Waals surface area (Å²) in [6.07, 6.45) is 0.356. The Kier molecular flexibility index (Phi) is 5.05. The number of hydrogen-bond acceptors (Lipinski definition) is 3. The van der Waals surface area contributed by atoms with Gasteiger partial charge in [-0.2, -0.15) is 0 Å². The highest BCUT2D eigenvalue weighted by atomic mass is 79.9. The number of rotatable bonds is 5. The minimum absolute atomic E-state index is 0.0807. The fourth-order valence-corrected chi connectivity index (χ4v) is 2.88. The van der Waals surface area contributed by atoms with Crippen LogP contribution in [0.1, 0.15) is 30.2 Å². The number of hydrogen-bond donors (Lipinski definition) is 2. The summed E-state index contributed by atoms with van der Waals surface area (Å²) in [5.74, 6) is -0.840. The predicted octanol–water partition coefficient (Wildman–Crippen LogP) is 3.45. The van der Waals surface area contributed by atoms with Gasteiger partial charge in [-0.05, 0) is 34.8 Å². The Bertz CT molecular complexity index is 334. The highest BCUT2D eigenvalue weighted by Crippen LogP contribution is 2.36. The van der Waals surface area contributed by atoms with Crippen LogP contribution in [-0.2, 0) is 4.79 Å². The molecule has 1 atom stereocenters. The zero-order valence-electron chi connectivity index (χ0n) is 7.74. The third kappa shape index (κ3) is 4.10. The summed E-state index contributed by atoms with van der Waals surface area (Å²) in [7, 11) is 0. The molecular weight excluding hydrogens is 304 g/mol. The Morgan fingerprint density at radius 1 is 1.67 bits per heavy atom. The first-order valence-corrected chi connectivity index (χ1v) is 6.34. The number of aliphatic hydroxyl groups is 1. The largest absolute Gasteiger partial charge is 0.481 e. The normalized spacial score (nSPS) is 12.7. The van der Waals surface area contributed by atoms with Gasteiger partial charge in [0.1, 0.15) is 0 Å². The molecule has 0 amide bonds. The van der Waals surface area contributed by atoms with Crippen LogP contribution in [-0.4, -0.2) is 16.2 Å². The van der Waals surface area contributed by atoms with Gasteiger partial charge in [-0.1, -0.05) is 11.6 Å². The number of thiophene rings is 1. The molecule has 0 aromatic carbocycles. The van der Waals surface area contributed by atoms with Crippen molar-refractivity contribution in [2.75, 3.05) is 0 Å². The summed E-state index contributed by atoms with van der Waals surface area (Å²) in [4.78, 5) is 11.0. The Hall–Kier alpha value is -0.100. The van der Waals surface area contributed by atoms with Crippen LogP contribution in [0, 0.1) is 0 Å². The maximum atomic E-state index is 10.3. The van der Waals surface area contributed by atoms with Crippen molar-refractivity contribution in [3.8, 4) is 0 Å². The van der Waals surface area contributed by atoms with E-state index < -0.39 is 12.1 Å². The molecule has 6 heteroatoms. The van der Waals surface area contributed by atoms with Gasteiger partial charge in [-0.3, -0.25) is 4.79 Å². The van der Waals surface area contributed by atoms with Crippen LogP contribution in [0.25, 0.3) is 0 Å². The molecule has 0 aliphatic carbocycles. The zero-order valence-corrected chi connectivity index (χ0v) is 10.9. The Labute approximate surface area is 105 Å². The highest BCUT2D eigenvalue weighted by molar-refractivity contribution is 9.11. The van der Waals surface area contributed by atoms with E-state index in [2.05, 4.69) is 15.9 Å². The molecule has 1 rings (SSSR count). The van der Waals surface area contributed by atoms with Gasteiger partial charge in [0.25, 0.3) is 0 Å². The molecule has 0 fully saturated rings. The molecule has 0 radical (unpaired) electrons. The summed E-state index contributed by atoms with van der Waals surface area (Å²) in [5.41, 5.74) is 0. The van der Waals surface area contributed by atoms with E-state index in [4.69, 9.17) is 16.7 Å². The van der Waals surface area contributed by atoms with E-state index >= 15 is 0 Å². The van der Waals surface area contributed by atoms with Gasteiger partial charge in [0.2, 0.25) is 0 Å². The number of carboxylic acids is 1. The van der Waals surface area contributed by atoms with Crippen LogP contribution < -0.4 is 0 Å². The minimum atomic E-state index is -0.840. The Morgan fingerprint density at radius 2 is 2.33 bits per heavy atom. The fraction of sp³-hybridized carbons (Fsp3) is 0.444. The van der Waals surface area contributed by atoms with Crippen molar-refractivity contribution in [2.24, 2.45) is 0 Å². The van der Waals surface area contributed by atoms with Crippen molar-refractivity contribution in [1.29, 1.82) is 0 Å². The fourth-order valence-electron chi connectivity index (χ4n) is 1.12. The smallest absolute Gasteiger partial charge is 0.303 e. The number of aliphatic hydroxyl groups excluding tert-OH is 1. The van der Waals surface area contributed by atoms with E-state index in [1.54, 1.807) is 6.07 Å². The molecule has 0 saturated heterocycles. The third-order valence-corrected chi connectivity index (χ3v) is 4.44. The van der Waals surface area contributed by atoms with Crippen molar-refractivity contribution in [3.05, 3.63) is 19.8 Å². The molecular formula is C9H10BrClO3S. The van der Waals surface area contributed by atoms with Crippen LogP contribution in [0.15, 0.2) is 9.85 Å². The first-order chi connectivity index (χ1) is 7.00. The summed E-state index contributed by atoms with van der Waals surface area (Å²) in [6.45, 7) is 0. The number of halogens is 2. The lowest BCUT2D eigenvalue weighted by Gasteiger charge is -2.06. The van der Waals surface area contributed by atoms with Crippen molar-refractivity contribution >= 4 is 44.8 Å². The lowest BCUT2D eigenvalue weighted by molar-refractivity contribution is -0.137. The monoisotopic (exact) mass is 312 g/mol. The van der Waals surface area contributed by atoms with E-state index in [9.17, 15) is 9.90 Å². The van der Waals surface area contributed by atoms with Crippen molar-refractivity contribution in [3.63, 3.8) is 0 Å². The second-order valence-corrected chi connectivity index (χ2v) is 5.88. The van der Waals surface area contributed by atoms with Crippen LogP contribution in [0.5, 0.6) is 0 Å². The molecule has 0 bridgehead atoms. The molecule has 15 heavy (non-hydrogen) atoms. The van der Waals surface area contributed by atoms with Gasteiger partial charge in [0.15, 0.2) is 0 Å². The SMILES string of the molecule is O=C(O)CCCC(O)c1cc(Cl)c(Br)s1. The molecule has 1 aromatic rings. The van der Waals surface area contributed by atoms with E-state index in [0.29, 0.717) is 17.9 Å². The number of carbonyl (C=O) groups is 1. The average Bonchev–Trinajstić information content (AvgIpc) is 2.46.